The molecule has 0 saturated carbocycles. The second kappa shape index (κ2) is 6.00. The van der Waals surface area contributed by atoms with E-state index in [4.69, 9.17) is 15.2 Å². The third-order valence-electron chi connectivity index (χ3n) is 2.93. The lowest BCUT2D eigenvalue weighted by atomic mass is 10.0. The average Bonchev–Trinajstić information content (AvgIpc) is 2.40. The van der Waals surface area contributed by atoms with E-state index in [1.165, 1.54) is 0 Å². The predicted molar refractivity (Wildman–Crippen MR) is 67.1 cm³/mol. The Balaban J connectivity index is 2.00. The number of rotatable bonds is 4. The van der Waals surface area contributed by atoms with Gasteiger partial charge in [0, 0.05) is 13.1 Å². The number of benzene rings is 1. The molecule has 1 heterocycles. The monoisotopic (exact) mass is 236 g/mol. The summed E-state index contributed by atoms with van der Waals surface area (Å²) in [7, 11) is 0. The zero-order valence-corrected chi connectivity index (χ0v) is 10.2. The number of nitrogens with one attached hydrogen (secondary N) is 1. The molecule has 0 bridgehead atoms. The van der Waals surface area contributed by atoms with E-state index in [0.29, 0.717) is 6.61 Å². The summed E-state index contributed by atoms with van der Waals surface area (Å²) in [6, 6.07) is 7.84. The van der Waals surface area contributed by atoms with Crippen LogP contribution in [0.25, 0.3) is 0 Å². The Bertz CT molecular complexity index is 334. The highest BCUT2D eigenvalue weighted by molar-refractivity contribution is 5.29. The molecule has 17 heavy (non-hydrogen) atoms. The molecule has 2 atom stereocenters. The summed E-state index contributed by atoms with van der Waals surface area (Å²) < 4.78 is 11.1. The van der Waals surface area contributed by atoms with Crippen LogP contribution in [0.4, 0.5) is 0 Å². The van der Waals surface area contributed by atoms with Gasteiger partial charge in [0.05, 0.1) is 25.4 Å². The number of morpholine rings is 1. The molecule has 2 rings (SSSR count). The predicted octanol–water partition coefficient (Wildman–Crippen LogP) is 1.07. The van der Waals surface area contributed by atoms with Crippen molar-refractivity contribution < 1.29 is 9.47 Å². The van der Waals surface area contributed by atoms with Gasteiger partial charge in [-0.05, 0) is 24.6 Å². The molecule has 4 nitrogen and oxygen atoms in total. The molecular formula is C13H20N2O2. The summed E-state index contributed by atoms with van der Waals surface area (Å²) in [5, 5.41) is 3.29. The van der Waals surface area contributed by atoms with Gasteiger partial charge < -0.3 is 20.5 Å². The third kappa shape index (κ3) is 3.19. The third-order valence-corrected chi connectivity index (χ3v) is 2.93. The Morgan fingerprint density at radius 2 is 2.24 bits per heavy atom. The lowest BCUT2D eigenvalue weighted by Gasteiger charge is -2.28. The van der Waals surface area contributed by atoms with E-state index < -0.39 is 0 Å². The molecule has 1 fully saturated rings. The SMILES string of the molecule is CCOc1ccc(C(N)C2CNCCO2)cc1. The van der Waals surface area contributed by atoms with Gasteiger partial charge in [0.15, 0.2) is 0 Å². The van der Waals surface area contributed by atoms with Crippen molar-refractivity contribution in [1.82, 2.24) is 5.32 Å². The highest BCUT2D eigenvalue weighted by Crippen LogP contribution is 2.20. The summed E-state index contributed by atoms with van der Waals surface area (Å²) in [5.74, 6) is 0.881. The van der Waals surface area contributed by atoms with Crippen molar-refractivity contribution in [3.05, 3.63) is 29.8 Å². The highest BCUT2D eigenvalue weighted by atomic mass is 16.5. The van der Waals surface area contributed by atoms with E-state index in [9.17, 15) is 0 Å². The van der Waals surface area contributed by atoms with Crippen molar-refractivity contribution in [2.24, 2.45) is 5.73 Å². The van der Waals surface area contributed by atoms with E-state index in [1.807, 2.05) is 31.2 Å². The van der Waals surface area contributed by atoms with E-state index in [0.717, 1.165) is 31.0 Å². The second-order valence-corrected chi connectivity index (χ2v) is 4.14. The van der Waals surface area contributed by atoms with Crippen LogP contribution < -0.4 is 15.8 Å². The molecular weight excluding hydrogens is 216 g/mol. The van der Waals surface area contributed by atoms with Crippen LogP contribution in [-0.2, 0) is 4.74 Å². The fraction of sp³-hybridized carbons (Fsp3) is 0.538. The van der Waals surface area contributed by atoms with Gasteiger partial charge in [-0.2, -0.15) is 0 Å². The van der Waals surface area contributed by atoms with Crippen LogP contribution in [0, 0.1) is 0 Å². The topological polar surface area (TPSA) is 56.5 Å². The van der Waals surface area contributed by atoms with Crippen LogP contribution in [0.15, 0.2) is 24.3 Å². The van der Waals surface area contributed by atoms with Crippen LogP contribution in [0.2, 0.25) is 0 Å². The first-order valence-corrected chi connectivity index (χ1v) is 6.12. The maximum Gasteiger partial charge on any atom is 0.119 e. The summed E-state index contributed by atoms with van der Waals surface area (Å²) in [6.45, 7) is 5.11. The molecule has 94 valence electrons. The zero-order valence-electron chi connectivity index (χ0n) is 10.2. The van der Waals surface area contributed by atoms with Gasteiger partial charge in [0.1, 0.15) is 5.75 Å². The standard InChI is InChI=1S/C13H20N2O2/c1-2-16-11-5-3-10(4-6-11)13(14)12-9-15-7-8-17-12/h3-6,12-13,15H,2,7-9,14H2,1H3. The maximum atomic E-state index is 6.19. The molecule has 1 aromatic rings. The minimum absolute atomic E-state index is 0.0571. The Labute approximate surface area is 102 Å². The van der Waals surface area contributed by atoms with Crippen molar-refractivity contribution in [2.75, 3.05) is 26.3 Å². The summed E-state index contributed by atoms with van der Waals surface area (Å²) in [6.07, 6.45) is 0.0571. The molecule has 1 aliphatic rings. The van der Waals surface area contributed by atoms with Crippen molar-refractivity contribution in [3.63, 3.8) is 0 Å². The Hall–Kier alpha value is -1.10. The summed E-state index contributed by atoms with van der Waals surface area (Å²) >= 11 is 0. The first kappa shape index (κ1) is 12.4. The molecule has 0 amide bonds. The van der Waals surface area contributed by atoms with E-state index in [1.54, 1.807) is 0 Å². The fourth-order valence-electron chi connectivity index (χ4n) is 1.98. The highest BCUT2D eigenvalue weighted by Gasteiger charge is 2.22. The first-order valence-electron chi connectivity index (χ1n) is 6.12. The Morgan fingerprint density at radius 3 is 2.82 bits per heavy atom. The van der Waals surface area contributed by atoms with Gasteiger partial charge in [-0.15, -0.1) is 0 Å². The number of hydrogen-bond acceptors (Lipinski definition) is 4. The molecule has 0 radical (unpaired) electrons. The minimum Gasteiger partial charge on any atom is -0.494 e. The van der Waals surface area contributed by atoms with Gasteiger partial charge in [-0.25, -0.2) is 0 Å². The van der Waals surface area contributed by atoms with Crippen LogP contribution in [0.1, 0.15) is 18.5 Å². The van der Waals surface area contributed by atoms with Gasteiger partial charge in [-0.1, -0.05) is 12.1 Å². The largest absolute Gasteiger partial charge is 0.494 e. The molecule has 0 aliphatic carbocycles. The zero-order chi connectivity index (χ0) is 12.1. The molecule has 2 unspecified atom stereocenters. The van der Waals surface area contributed by atoms with Crippen molar-refractivity contribution in [1.29, 1.82) is 0 Å². The van der Waals surface area contributed by atoms with Crippen LogP contribution in [0.3, 0.4) is 0 Å². The minimum atomic E-state index is -0.0847. The van der Waals surface area contributed by atoms with E-state index in [2.05, 4.69) is 5.32 Å². The lowest BCUT2D eigenvalue weighted by Crippen LogP contribution is -2.44. The molecule has 0 spiro atoms. The fourth-order valence-corrected chi connectivity index (χ4v) is 1.98. The van der Waals surface area contributed by atoms with E-state index in [-0.39, 0.29) is 12.1 Å². The number of nitrogens with two attached hydrogens (primary N) is 1. The first-order chi connectivity index (χ1) is 8.31. The number of hydrogen-bond donors (Lipinski definition) is 2. The normalized spacial score (nSPS) is 22.1. The van der Waals surface area contributed by atoms with Crippen LogP contribution >= 0.6 is 0 Å². The second-order valence-electron chi connectivity index (χ2n) is 4.14. The molecule has 1 saturated heterocycles. The van der Waals surface area contributed by atoms with Crippen molar-refractivity contribution in [3.8, 4) is 5.75 Å². The molecule has 1 aromatic carbocycles. The van der Waals surface area contributed by atoms with Crippen molar-refractivity contribution in [2.45, 2.75) is 19.1 Å². The smallest absolute Gasteiger partial charge is 0.119 e. The van der Waals surface area contributed by atoms with Crippen molar-refractivity contribution >= 4 is 0 Å². The summed E-state index contributed by atoms with van der Waals surface area (Å²) in [5.41, 5.74) is 7.27. The van der Waals surface area contributed by atoms with Crippen LogP contribution in [-0.4, -0.2) is 32.4 Å². The molecule has 3 N–H and O–H groups in total. The Morgan fingerprint density at radius 1 is 1.47 bits per heavy atom. The average molecular weight is 236 g/mol. The molecule has 4 heteroatoms. The molecule has 1 aliphatic heterocycles. The van der Waals surface area contributed by atoms with Crippen LogP contribution in [0.5, 0.6) is 5.75 Å². The molecule has 0 aromatic heterocycles. The van der Waals surface area contributed by atoms with Gasteiger partial charge in [0.25, 0.3) is 0 Å². The lowest BCUT2D eigenvalue weighted by molar-refractivity contribution is 0.0122. The Kier molecular flexibility index (Phi) is 4.36. The number of ether oxygens (including phenoxy) is 2. The quantitative estimate of drug-likeness (QED) is 0.821. The van der Waals surface area contributed by atoms with Gasteiger partial charge in [0.2, 0.25) is 0 Å². The van der Waals surface area contributed by atoms with E-state index >= 15 is 0 Å². The van der Waals surface area contributed by atoms with Gasteiger partial charge in [-0.3, -0.25) is 0 Å². The van der Waals surface area contributed by atoms with Gasteiger partial charge >= 0.3 is 0 Å². The maximum absolute atomic E-state index is 6.19. The summed E-state index contributed by atoms with van der Waals surface area (Å²) in [4.78, 5) is 0.